The third kappa shape index (κ3) is 2.54. The number of aromatic carboxylic acids is 1. The van der Waals surface area contributed by atoms with Crippen LogP contribution in [0.1, 0.15) is 29.1 Å². The van der Waals surface area contributed by atoms with Crippen molar-refractivity contribution >= 4 is 11.7 Å². The third-order valence-electron chi connectivity index (χ3n) is 3.31. The molecule has 7 nitrogen and oxygen atoms in total. The largest absolute Gasteiger partial charge is 0.489 e. The van der Waals surface area contributed by atoms with Crippen LogP contribution < -0.4 is 9.64 Å². The van der Waals surface area contributed by atoms with Crippen molar-refractivity contribution < 1.29 is 19.1 Å². The van der Waals surface area contributed by atoms with E-state index in [9.17, 15) is 9.90 Å². The summed E-state index contributed by atoms with van der Waals surface area (Å²) in [6.07, 6.45) is 0.690. The number of anilines is 1. The van der Waals surface area contributed by atoms with Crippen molar-refractivity contribution in [1.82, 2.24) is 10.2 Å². The van der Waals surface area contributed by atoms with Gasteiger partial charge in [-0.25, -0.2) is 4.79 Å². The fourth-order valence-corrected chi connectivity index (χ4v) is 2.29. The molecule has 0 bridgehead atoms. The van der Waals surface area contributed by atoms with Crippen LogP contribution in [0.3, 0.4) is 0 Å². The highest BCUT2D eigenvalue weighted by molar-refractivity contribution is 5.93. The average Bonchev–Trinajstić information content (AvgIpc) is 2.94. The van der Waals surface area contributed by atoms with Crippen LogP contribution in [0.5, 0.6) is 5.75 Å². The number of ether oxygens (including phenoxy) is 1. The molecule has 3 rings (SSSR count). The molecule has 7 heteroatoms. The topological polar surface area (TPSA) is 88.7 Å². The van der Waals surface area contributed by atoms with Gasteiger partial charge in [0.15, 0.2) is 5.75 Å². The smallest absolute Gasteiger partial charge is 0.339 e. The van der Waals surface area contributed by atoms with Crippen molar-refractivity contribution in [2.75, 3.05) is 18.1 Å². The van der Waals surface area contributed by atoms with E-state index in [4.69, 9.17) is 9.15 Å². The minimum Gasteiger partial charge on any atom is -0.489 e. The fraction of sp³-hybridized carbons (Fsp3) is 0.357. The second-order valence-corrected chi connectivity index (χ2v) is 4.67. The summed E-state index contributed by atoms with van der Waals surface area (Å²) in [7, 11) is 0. The van der Waals surface area contributed by atoms with Crippen molar-refractivity contribution in [2.45, 2.75) is 19.9 Å². The number of carbonyl (C=O) groups is 1. The first-order valence-corrected chi connectivity index (χ1v) is 6.74. The van der Waals surface area contributed by atoms with Crippen LogP contribution in [-0.2, 0) is 13.0 Å². The SMILES string of the molecule is CCc1nnc(CN2CCOc3c(C(=O)O)cccc32)o1. The Hall–Kier alpha value is -2.57. The number of carboxylic acid groups (broad SMARTS) is 1. The number of nitrogens with zero attached hydrogens (tertiary/aromatic N) is 3. The van der Waals surface area contributed by atoms with E-state index in [2.05, 4.69) is 10.2 Å². The number of benzene rings is 1. The number of aromatic nitrogens is 2. The molecule has 2 aromatic rings. The van der Waals surface area contributed by atoms with E-state index in [-0.39, 0.29) is 5.56 Å². The molecular formula is C14H15N3O4. The summed E-state index contributed by atoms with van der Waals surface area (Å²) in [5, 5.41) is 17.1. The van der Waals surface area contributed by atoms with Gasteiger partial charge in [0.05, 0.1) is 18.8 Å². The minimum absolute atomic E-state index is 0.164. The fourth-order valence-electron chi connectivity index (χ4n) is 2.29. The van der Waals surface area contributed by atoms with E-state index in [0.29, 0.717) is 43.6 Å². The first-order chi connectivity index (χ1) is 10.2. The van der Waals surface area contributed by atoms with Crippen LogP contribution in [0, 0.1) is 0 Å². The Morgan fingerprint density at radius 3 is 2.90 bits per heavy atom. The normalized spacial score (nSPS) is 13.7. The Morgan fingerprint density at radius 1 is 1.38 bits per heavy atom. The summed E-state index contributed by atoms with van der Waals surface area (Å²) in [6.45, 7) is 3.44. The highest BCUT2D eigenvalue weighted by Gasteiger charge is 2.24. The van der Waals surface area contributed by atoms with E-state index in [1.807, 2.05) is 17.9 Å². The van der Waals surface area contributed by atoms with Crippen molar-refractivity contribution in [3.63, 3.8) is 0 Å². The van der Waals surface area contributed by atoms with E-state index in [1.165, 1.54) is 6.07 Å². The molecule has 1 aliphatic heterocycles. The number of hydrogen-bond acceptors (Lipinski definition) is 6. The quantitative estimate of drug-likeness (QED) is 0.916. The number of carboxylic acids is 1. The molecule has 0 radical (unpaired) electrons. The van der Waals surface area contributed by atoms with E-state index in [1.54, 1.807) is 6.07 Å². The van der Waals surface area contributed by atoms with Crippen molar-refractivity contribution in [3.05, 3.63) is 35.5 Å². The Morgan fingerprint density at radius 2 is 2.19 bits per heavy atom. The number of hydrogen-bond donors (Lipinski definition) is 1. The zero-order valence-corrected chi connectivity index (χ0v) is 11.6. The summed E-state index contributed by atoms with van der Waals surface area (Å²) < 4.78 is 11.0. The van der Waals surface area contributed by atoms with Crippen molar-refractivity contribution in [2.24, 2.45) is 0 Å². The first kappa shape index (κ1) is 13.4. The Kier molecular flexibility index (Phi) is 3.47. The predicted molar refractivity (Wildman–Crippen MR) is 73.6 cm³/mol. The van der Waals surface area contributed by atoms with Gasteiger partial charge in [-0.3, -0.25) is 0 Å². The van der Waals surface area contributed by atoms with Crippen LogP contribution in [0.2, 0.25) is 0 Å². The summed E-state index contributed by atoms with van der Waals surface area (Å²) in [5.74, 6) is 0.504. The molecule has 0 fully saturated rings. The molecule has 21 heavy (non-hydrogen) atoms. The van der Waals surface area contributed by atoms with Crippen LogP contribution >= 0.6 is 0 Å². The molecule has 0 amide bonds. The number of para-hydroxylation sites is 1. The second-order valence-electron chi connectivity index (χ2n) is 4.67. The molecule has 1 aromatic carbocycles. The molecule has 0 atom stereocenters. The van der Waals surface area contributed by atoms with Crippen LogP contribution in [0.4, 0.5) is 5.69 Å². The lowest BCUT2D eigenvalue weighted by Gasteiger charge is -2.30. The molecule has 0 unspecified atom stereocenters. The van der Waals surface area contributed by atoms with E-state index >= 15 is 0 Å². The maximum atomic E-state index is 11.2. The van der Waals surface area contributed by atoms with Gasteiger partial charge in [0, 0.05) is 6.42 Å². The molecule has 0 aliphatic carbocycles. The highest BCUT2D eigenvalue weighted by Crippen LogP contribution is 2.35. The molecular weight excluding hydrogens is 274 g/mol. The summed E-state index contributed by atoms with van der Waals surface area (Å²) >= 11 is 0. The molecule has 0 spiro atoms. The zero-order valence-electron chi connectivity index (χ0n) is 11.6. The molecule has 110 valence electrons. The van der Waals surface area contributed by atoms with Crippen molar-refractivity contribution in [3.8, 4) is 5.75 Å². The Labute approximate surface area is 121 Å². The third-order valence-corrected chi connectivity index (χ3v) is 3.31. The maximum absolute atomic E-state index is 11.2. The van der Waals surface area contributed by atoms with Gasteiger partial charge < -0.3 is 19.2 Å². The van der Waals surface area contributed by atoms with Crippen LogP contribution in [0.15, 0.2) is 22.6 Å². The monoisotopic (exact) mass is 289 g/mol. The number of rotatable bonds is 4. The number of aryl methyl sites for hydroxylation is 1. The summed E-state index contributed by atoms with van der Waals surface area (Å²) in [5.41, 5.74) is 0.898. The van der Waals surface area contributed by atoms with Crippen molar-refractivity contribution in [1.29, 1.82) is 0 Å². The molecule has 0 saturated heterocycles. The molecule has 0 saturated carbocycles. The standard InChI is InChI=1S/C14H15N3O4/c1-2-11-15-16-12(21-11)8-17-6-7-20-13-9(14(18)19)4-3-5-10(13)17/h3-5H,2,6-8H2,1H3,(H,18,19). The Bertz CT molecular complexity index is 668. The van der Waals surface area contributed by atoms with Gasteiger partial charge in [0.2, 0.25) is 11.8 Å². The number of fused-ring (bicyclic) bond motifs is 1. The van der Waals surface area contributed by atoms with Gasteiger partial charge in [0.1, 0.15) is 12.2 Å². The predicted octanol–water partition coefficient (Wildman–Crippen LogP) is 1.73. The molecule has 2 heterocycles. The Balaban J connectivity index is 1.90. The van der Waals surface area contributed by atoms with Crippen LogP contribution in [-0.4, -0.2) is 34.4 Å². The lowest BCUT2D eigenvalue weighted by Crippen LogP contribution is -2.33. The lowest BCUT2D eigenvalue weighted by atomic mass is 10.1. The van der Waals surface area contributed by atoms with Gasteiger partial charge in [-0.2, -0.15) is 0 Å². The van der Waals surface area contributed by atoms with E-state index in [0.717, 1.165) is 5.69 Å². The average molecular weight is 289 g/mol. The van der Waals surface area contributed by atoms with Gasteiger partial charge >= 0.3 is 5.97 Å². The van der Waals surface area contributed by atoms with Gasteiger partial charge in [-0.15, -0.1) is 10.2 Å². The molecule has 1 N–H and O–H groups in total. The first-order valence-electron chi connectivity index (χ1n) is 6.74. The highest BCUT2D eigenvalue weighted by atomic mass is 16.5. The van der Waals surface area contributed by atoms with Gasteiger partial charge in [0.25, 0.3) is 0 Å². The minimum atomic E-state index is -1.00. The van der Waals surface area contributed by atoms with E-state index < -0.39 is 5.97 Å². The van der Waals surface area contributed by atoms with Gasteiger partial charge in [-0.1, -0.05) is 13.0 Å². The van der Waals surface area contributed by atoms with Crippen LogP contribution in [0.25, 0.3) is 0 Å². The summed E-state index contributed by atoms with van der Waals surface area (Å²) in [4.78, 5) is 13.2. The van der Waals surface area contributed by atoms with Gasteiger partial charge in [-0.05, 0) is 12.1 Å². The lowest BCUT2D eigenvalue weighted by molar-refractivity contribution is 0.0692. The second kappa shape index (κ2) is 5.43. The zero-order chi connectivity index (χ0) is 14.8. The maximum Gasteiger partial charge on any atom is 0.339 e. The molecule has 1 aliphatic rings. The molecule has 1 aromatic heterocycles. The summed E-state index contributed by atoms with van der Waals surface area (Å²) in [6, 6.07) is 5.07.